The molecule has 0 unspecified atom stereocenters. The van der Waals surface area contributed by atoms with Crippen LogP contribution in [0.5, 0.6) is 0 Å². The third-order valence-corrected chi connectivity index (χ3v) is 3.29. The molecule has 0 bridgehead atoms. The first-order valence-electron chi connectivity index (χ1n) is 6.64. The number of aryl methyl sites for hydroxylation is 1. The summed E-state index contributed by atoms with van der Waals surface area (Å²) in [6, 6.07) is 3.39. The lowest BCUT2D eigenvalue weighted by atomic mass is 10.0. The lowest BCUT2D eigenvalue weighted by Gasteiger charge is -2.20. The molecule has 1 N–H and O–H groups in total. The molecule has 0 atom stereocenters. The largest absolute Gasteiger partial charge is 0.382 e. The van der Waals surface area contributed by atoms with Crippen LogP contribution in [0.1, 0.15) is 30.9 Å². The first-order valence-corrected chi connectivity index (χ1v) is 6.64. The van der Waals surface area contributed by atoms with E-state index in [1.165, 1.54) is 0 Å². The highest BCUT2D eigenvalue weighted by molar-refractivity contribution is 5.68. The minimum atomic E-state index is -0.333. The van der Waals surface area contributed by atoms with E-state index < -0.39 is 0 Å². The summed E-state index contributed by atoms with van der Waals surface area (Å²) in [6.45, 7) is 5.88. The maximum Gasteiger partial charge on any atom is 0.292 e. The number of nitro groups is 1. The maximum absolute atomic E-state index is 11.1. The van der Waals surface area contributed by atoms with Gasteiger partial charge in [-0.3, -0.25) is 10.1 Å². The molecule has 0 amide bonds. The van der Waals surface area contributed by atoms with Gasteiger partial charge in [-0.25, -0.2) is 0 Å². The SMILES string of the molecule is CCCCN(C)Cc1c(C)ccc([N+](=O)[O-])c1NC. The first-order chi connectivity index (χ1) is 9.01. The Morgan fingerprint density at radius 1 is 1.42 bits per heavy atom. The van der Waals surface area contributed by atoms with E-state index in [1.54, 1.807) is 13.1 Å². The van der Waals surface area contributed by atoms with Crippen LogP contribution in [0, 0.1) is 17.0 Å². The van der Waals surface area contributed by atoms with Crippen molar-refractivity contribution in [2.45, 2.75) is 33.2 Å². The molecule has 19 heavy (non-hydrogen) atoms. The topological polar surface area (TPSA) is 58.4 Å². The van der Waals surface area contributed by atoms with Crippen molar-refractivity contribution < 1.29 is 4.92 Å². The van der Waals surface area contributed by atoms with Crippen LogP contribution in [0.15, 0.2) is 12.1 Å². The molecule has 5 nitrogen and oxygen atoms in total. The molecule has 0 spiro atoms. The maximum atomic E-state index is 11.1. The van der Waals surface area contributed by atoms with Gasteiger partial charge in [-0.2, -0.15) is 0 Å². The number of hydrogen-bond donors (Lipinski definition) is 1. The van der Waals surface area contributed by atoms with Crippen molar-refractivity contribution in [3.63, 3.8) is 0 Å². The third kappa shape index (κ3) is 3.92. The molecule has 0 aliphatic carbocycles. The van der Waals surface area contributed by atoms with Crippen molar-refractivity contribution in [3.05, 3.63) is 33.4 Å². The molecule has 106 valence electrons. The predicted octanol–water partition coefficient (Wildman–Crippen LogP) is 3.18. The summed E-state index contributed by atoms with van der Waals surface area (Å²) < 4.78 is 0. The highest BCUT2D eigenvalue weighted by Gasteiger charge is 2.19. The van der Waals surface area contributed by atoms with E-state index >= 15 is 0 Å². The second-order valence-corrected chi connectivity index (χ2v) is 4.85. The van der Waals surface area contributed by atoms with Gasteiger partial charge in [0.1, 0.15) is 5.69 Å². The molecule has 1 aromatic carbocycles. The predicted molar refractivity (Wildman–Crippen MR) is 78.6 cm³/mol. The Morgan fingerprint density at radius 2 is 2.11 bits per heavy atom. The Balaban J connectivity index is 3.04. The van der Waals surface area contributed by atoms with E-state index in [1.807, 2.05) is 20.0 Å². The van der Waals surface area contributed by atoms with E-state index in [2.05, 4.69) is 17.1 Å². The van der Waals surface area contributed by atoms with Gasteiger partial charge in [-0.05, 0) is 38.1 Å². The number of anilines is 1. The lowest BCUT2D eigenvalue weighted by Crippen LogP contribution is -2.20. The minimum Gasteiger partial charge on any atom is -0.382 e. The minimum absolute atomic E-state index is 0.145. The molecular weight excluding hydrogens is 242 g/mol. The summed E-state index contributed by atoms with van der Waals surface area (Å²) in [7, 11) is 3.78. The summed E-state index contributed by atoms with van der Waals surface area (Å²) in [5.74, 6) is 0. The Kier molecular flexibility index (Phi) is 5.76. The highest BCUT2D eigenvalue weighted by atomic mass is 16.6. The molecule has 0 fully saturated rings. The first kappa shape index (κ1) is 15.4. The molecule has 0 aliphatic heterocycles. The van der Waals surface area contributed by atoms with Crippen LogP contribution in [0.3, 0.4) is 0 Å². The summed E-state index contributed by atoms with van der Waals surface area (Å²) in [5, 5.41) is 14.0. The average molecular weight is 265 g/mol. The van der Waals surface area contributed by atoms with E-state index in [0.29, 0.717) is 5.69 Å². The number of rotatable bonds is 7. The molecule has 1 rings (SSSR count). The molecule has 0 aliphatic rings. The van der Waals surface area contributed by atoms with Gasteiger partial charge in [0.05, 0.1) is 4.92 Å². The molecule has 0 aromatic heterocycles. The second kappa shape index (κ2) is 7.09. The standard InChI is InChI=1S/C14H23N3O2/c1-5-6-9-16(4)10-12-11(2)7-8-13(17(18)19)14(12)15-3/h7-8,15H,5-6,9-10H2,1-4H3. The van der Waals surface area contributed by atoms with Gasteiger partial charge in [0.25, 0.3) is 5.69 Å². The van der Waals surface area contributed by atoms with Crippen molar-refractivity contribution in [3.8, 4) is 0 Å². The van der Waals surface area contributed by atoms with Gasteiger partial charge in [0, 0.05) is 19.7 Å². The fraction of sp³-hybridized carbons (Fsp3) is 0.571. The molecule has 0 heterocycles. The van der Waals surface area contributed by atoms with Gasteiger partial charge in [0.15, 0.2) is 0 Å². The smallest absolute Gasteiger partial charge is 0.292 e. The zero-order valence-corrected chi connectivity index (χ0v) is 12.2. The van der Waals surface area contributed by atoms with Gasteiger partial charge in [-0.1, -0.05) is 19.4 Å². The van der Waals surface area contributed by atoms with Crippen LogP contribution >= 0.6 is 0 Å². The Bertz CT molecular complexity index is 447. The number of nitrogens with zero attached hydrogens (tertiary/aromatic N) is 2. The van der Waals surface area contributed by atoms with E-state index in [-0.39, 0.29) is 10.6 Å². The van der Waals surface area contributed by atoms with Crippen molar-refractivity contribution in [2.24, 2.45) is 0 Å². The van der Waals surface area contributed by atoms with Gasteiger partial charge >= 0.3 is 0 Å². The summed E-state index contributed by atoms with van der Waals surface area (Å²) in [4.78, 5) is 12.9. The molecule has 0 saturated carbocycles. The molecule has 1 aromatic rings. The lowest BCUT2D eigenvalue weighted by molar-refractivity contribution is -0.384. The van der Waals surface area contributed by atoms with Crippen molar-refractivity contribution >= 4 is 11.4 Å². The zero-order valence-electron chi connectivity index (χ0n) is 12.2. The van der Waals surface area contributed by atoms with Gasteiger partial charge in [-0.15, -0.1) is 0 Å². The fourth-order valence-electron chi connectivity index (χ4n) is 2.15. The number of hydrogen-bond acceptors (Lipinski definition) is 4. The van der Waals surface area contributed by atoms with E-state index in [9.17, 15) is 10.1 Å². The number of benzene rings is 1. The molecule has 0 radical (unpaired) electrons. The number of unbranched alkanes of at least 4 members (excludes halogenated alkanes) is 1. The Hall–Kier alpha value is -1.62. The van der Waals surface area contributed by atoms with Crippen LogP contribution in [0.2, 0.25) is 0 Å². The number of nitrogens with one attached hydrogen (secondary N) is 1. The monoisotopic (exact) mass is 265 g/mol. The zero-order chi connectivity index (χ0) is 14.4. The summed E-state index contributed by atoms with van der Waals surface area (Å²) >= 11 is 0. The van der Waals surface area contributed by atoms with Crippen LogP contribution < -0.4 is 5.32 Å². The van der Waals surface area contributed by atoms with Crippen LogP contribution in [0.4, 0.5) is 11.4 Å². The quantitative estimate of drug-likeness (QED) is 0.607. The molecular formula is C14H23N3O2. The van der Waals surface area contributed by atoms with Crippen molar-refractivity contribution in [2.75, 3.05) is 26.0 Å². The summed E-state index contributed by atoms with van der Waals surface area (Å²) in [6.07, 6.45) is 2.29. The Morgan fingerprint density at radius 3 is 2.63 bits per heavy atom. The highest BCUT2D eigenvalue weighted by Crippen LogP contribution is 2.31. The van der Waals surface area contributed by atoms with Crippen LogP contribution in [0.25, 0.3) is 0 Å². The normalized spacial score (nSPS) is 10.8. The second-order valence-electron chi connectivity index (χ2n) is 4.85. The number of nitro benzene ring substituents is 1. The Labute approximate surface area is 114 Å². The molecule has 5 heteroatoms. The van der Waals surface area contributed by atoms with Gasteiger partial charge < -0.3 is 10.2 Å². The summed E-state index contributed by atoms with van der Waals surface area (Å²) in [5.41, 5.74) is 2.87. The van der Waals surface area contributed by atoms with Crippen molar-refractivity contribution in [1.82, 2.24) is 4.90 Å². The van der Waals surface area contributed by atoms with Crippen LogP contribution in [-0.4, -0.2) is 30.5 Å². The van der Waals surface area contributed by atoms with Crippen molar-refractivity contribution in [1.29, 1.82) is 0 Å². The fourth-order valence-corrected chi connectivity index (χ4v) is 2.15. The van der Waals surface area contributed by atoms with E-state index in [0.717, 1.165) is 37.1 Å². The van der Waals surface area contributed by atoms with Crippen LogP contribution in [-0.2, 0) is 6.54 Å². The van der Waals surface area contributed by atoms with Gasteiger partial charge in [0.2, 0.25) is 0 Å². The molecule has 0 saturated heterocycles. The average Bonchev–Trinajstić information content (AvgIpc) is 2.38. The van der Waals surface area contributed by atoms with E-state index in [4.69, 9.17) is 0 Å². The third-order valence-electron chi connectivity index (χ3n) is 3.29.